The molecule has 0 bridgehead atoms. The van der Waals surface area contributed by atoms with Crippen LogP contribution in [0.4, 0.5) is 0 Å². The number of ether oxygens (including phenoxy) is 1. The summed E-state index contributed by atoms with van der Waals surface area (Å²) < 4.78 is 5.48. The van der Waals surface area contributed by atoms with Gasteiger partial charge in [-0.25, -0.2) is 0 Å². The predicted octanol–water partition coefficient (Wildman–Crippen LogP) is 0.579. The summed E-state index contributed by atoms with van der Waals surface area (Å²) in [5.74, 6) is 2.69. The topological polar surface area (TPSA) is 32.8 Å². The van der Waals surface area contributed by atoms with Crippen LogP contribution in [0.2, 0.25) is 0 Å². The molecule has 0 saturated carbocycles. The van der Waals surface area contributed by atoms with Crippen molar-refractivity contribution < 1.29 is 9.53 Å². The van der Waals surface area contributed by atoms with Gasteiger partial charge >= 0.3 is 0 Å². The molecular weight excluding hydrogens is 216 g/mol. The Morgan fingerprint density at radius 1 is 1.29 bits per heavy atom. The third-order valence-electron chi connectivity index (χ3n) is 2.67. The van der Waals surface area contributed by atoms with Crippen molar-refractivity contribution in [2.75, 3.05) is 39.3 Å². The average Bonchev–Trinajstić information content (AvgIpc) is 2.26. The molecule has 96 valence electrons. The van der Waals surface area contributed by atoms with E-state index < -0.39 is 0 Å². The van der Waals surface area contributed by atoms with Crippen LogP contribution in [0.25, 0.3) is 0 Å². The smallest absolute Gasteiger partial charge is 0.248 e. The highest BCUT2D eigenvalue weighted by atomic mass is 16.5. The van der Waals surface area contributed by atoms with Gasteiger partial charge in [-0.3, -0.25) is 9.69 Å². The molecule has 1 aliphatic heterocycles. The molecule has 1 saturated heterocycles. The van der Waals surface area contributed by atoms with Crippen LogP contribution in [-0.4, -0.2) is 60.6 Å². The lowest BCUT2D eigenvalue weighted by molar-refractivity contribution is -0.142. The fourth-order valence-electron chi connectivity index (χ4n) is 1.65. The molecule has 0 radical (unpaired) electrons. The summed E-state index contributed by atoms with van der Waals surface area (Å²) in [4.78, 5) is 15.9. The third-order valence-corrected chi connectivity index (χ3v) is 2.67. The van der Waals surface area contributed by atoms with Gasteiger partial charge < -0.3 is 9.64 Å². The summed E-state index contributed by atoms with van der Waals surface area (Å²) in [7, 11) is 0. The van der Waals surface area contributed by atoms with E-state index in [4.69, 9.17) is 11.2 Å². The number of nitrogens with zero attached hydrogens (tertiary/aromatic N) is 2. The maximum absolute atomic E-state index is 11.9. The van der Waals surface area contributed by atoms with Crippen LogP contribution in [0.5, 0.6) is 0 Å². The van der Waals surface area contributed by atoms with Crippen molar-refractivity contribution in [2.24, 2.45) is 0 Å². The summed E-state index contributed by atoms with van der Waals surface area (Å²) in [6.07, 6.45) is 5.26. The Bertz CT molecular complexity index is 294. The van der Waals surface area contributed by atoms with E-state index in [0.717, 1.165) is 26.2 Å². The fraction of sp³-hybridized carbons (Fsp3) is 0.769. The summed E-state index contributed by atoms with van der Waals surface area (Å²) in [5.41, 5.74) is -0.263. The predicted molar refractivity (Wildman–Crippen MR) is 67.6 cm³/mol. The zero-order valence-electron chi connectivity index (χ0n) is 11.0. The van der Waals surface area contributed by atoms with Gasteiger partial charge in [0.05, 0.1) is 12.1 Å². The standard InChI is InChI=1S/C13H22N2O2/c1-5-6-14-7-9-15(10-8-14)12(16)11-17-13(2,3)4/h1H,6-11H2,2-4H3. The molecule has 1 amide bonds. The average molecular weight is 238 g/mol. The highest BCUT2D eigenvalue weighted by Gasteiger charge is 2.22. The van der Waals surface area contributed by atoms with E-state index in [1.807, 2.05) is 25.7 Å². The van der Waals surface area contributed by atoms with Crippen LogP contribution < -0.4 is 0 Å². The van der Waals surface area contributed by atoms with Crippen LogP contribution in [0.3, 0.4) is 0 Å². The van der Waals surface area contributed by atoms with Crippen molar-refractivity contribution >= 4 is 5.91 Å². The minimum atomic E-state index is -0.263. The summed E-state index contributed by atoms with van der Waals surface area (Å²) in [6, 6.07) is 0. The molecule has 0 aliphatic carbocycles. The molecular formula is C13H22N2O2. The molecule has 4 heteroatoms. The molecule has 0 N–H and O–H groups in total. The molecule has 1 heterocycles. The van der Waals surface area contributed by atoms with E-state index >= 15 is 0 Å². The number of piperazine rings is 1. The Kier molecular flexibility index (Phi) is 4.98. The molecule has 0 aromatic carbocycles. The summed E-state index contributed by atoms with van der Waals surface area (Å²) in [6.45, 7) is 9.87. The number of hydrogen-bond acceptors (Lipinski definition) is 3. The molecule has 0 aromatic heterocycles. The summed E-state index contributed by atoms with van der Waals surface area (Å²) >= 11 is 0. The van der Waals surface area contributed by atoms with Crippen LogP contribution in [0.15, 0.2) is 0 Å². The molecule has 0 unspecified atom stereocenters. The van der Waals surface area contributed by atoms with E-state index in [-0.39, 0.29) is 18.1 Å². The Hall–Kier alpha value is -1.05. The minimum absolute atomic E-state index is 0.0697. The van der Waals surface area contributed by atoms with Crippen molar-refractivity contribution in [2.45, 2.75) is 26.4 Å². The Balaban J connectivity index is 2.29. The van der Waals surface area contributed by atoms with E-state index in [9.17, 15) is 4.79 Å². The van der Waals surface area contributed by atoms with E-state index in [1.54, 1.807) is 0 Å². The molecule has 0 spiro atoms. The highest BCUT2D eigenvalue weighted by Crippen LogP contribution is 2.08. The third kappa shape index (κ3) is 5.20. The fourth-order valence-corrected chi connectivity index (χ4v) is 1.65. The van der Waals surface area contributed by atoms with Gasteiger partial charge in [-0.15, -0.1) is 6.42 Å². The van der Waals surface area contributed by atoms with Gasteiger partial charge in [0.2, 0.25) is 5.91 Å². The van der Waals surface area contributed by atoms with E-state index in [1.165, 1.54) is 0 Å². The second-order valence-electron chi connectivity index (χ2n) is 5.26. The van der Waals surface area contributed by atoms with Gasteiger partial charge in [0.1, 0.15) is 6.61 Å². The molecule has 1 fully saturated rings. The first-order chi connectivity index (χ1) is 7.92. The first-order valence-electron chi connectivity index (χ1n) is 6.00. The Morgan fingerprint density at radius 2 is 1.88 bits per heavy atom. The van der Waals surface area contributed by atoms with E-state index in [2.05, 4.69) is 10.8 Å². The SMILES string of the molecule is C#CCN1CCN(C(=O)COC(C)(C)C)CC1. The van der Waals surface area contributed by atoms with Gasteiger partial charge in [-0.2, -0.15) is 0 Å². The van der Waals surface area contributed by atoms with Crippen molar-refractivity contribution in [3.05, 3.63) is 0 Å². The lowest BCUT2D eigenvalue weighted by Crippen LogP contribution is -2.50. The molecule has 0 atom stereocenters. The van der Waals surface area contributed by atoms with Crippen LogP contribution >= 0.6 is 0 Å². The molecule has 0 aromatic rings. The van der Waals surface area contributed by atoms with Gasteiger partial charge in [0.15, 0.2) is 0 Å². The number of carbonyl (C=O) groups is 1. The van der Waals surface area contributed by atoms with Crippen LogP contribution in [0.1, 0.15) is 20.8 Å². The van der Waals surface area contributed by atoms with Gasteiger partial charge in [0, 0.05) is 26.2 Å². The second-order valence-corrected chi connectivity index (χ2v) is 5.26. The molecule has 1 rings (SSSR count). The van der Waals surface area contributed by atoms with Crippen LogP contribution in [-0.2, 0) is 9.53 Å². The Morgan fingerprint density at radius 3 is 2.35 bits per heavy atom. The lowest BCUT2D eigenvalue weighted by atomic mass is 10.2. The number of hydrogen-bond donors (Lipinski definition) is 0. The van der Waals surface area contributed by atoms with Crippen molar-refractivity contribution in [3.63, 3.8) is 0 Å². The largest absolute Gasteiger partial charge is 0.366 e. The number of carbonyl (C=O) groups excluding carboxylic acids is 1. The molecule has 1 aliphatic rings. The number of terminal acetylenes is 1. The maximum atomic E-state index is 11.9. The second kappa shape index (κ2) is 6.04. The highest BCUT2D eigenvalue weighted by molar-refractivity contribution is 5.77. The minimum Gasteiger partial charge on any atom is -0.366 e. The molecule has 17 heavy (non-hydrogen) atoms. The van der Waals surface area contributed by atoms with Gasteiger partial charge in [-0.05, 0) is 20.8 Å². The first kappa shape index (κ1) is 14.0. The normalized spacial score (nSPS) is 17.9. The maximum Gasteiger partial charge on any atom is 0.248 e. The van der Waals surface area contributed by atoms with Gasteiger partial charge in [0.25, 0.3) is 0 Å². The number of rotatable bonds is 3. The lowest BCUT2D eigenvalue weighted by Gasteiger charge is -2.34. The number of amides is 1. The zero-order valence-corrected chi connectivity index (χ0v) is 11.0. The molecule has 4 nitrogen and oxygen atoms in total. The van der Waals surface area contributed by atoms with Gasteiger partial charge in [-0.1, -0.05) is 5.92 Å². The quantitative estimate of drug-likeness (QED) is 0.674. The van der Waals surface area contributed by atoms with E-state index in [0.29, 0.717) is 6.54 Å². The first-order valence-corrected chi connectivity index (χ1v) is 6.00. The Labute approximate surface area is 104 Å². The van der Waals surface area contributed by atoms with Crippen molar-refractivity contribution in [1.82, 2.24) is 9.80 Å². The van der Waals surface area contributed by atoms with Crippen LogP contribution in [0, 0.1) is 12.3 Å². The zero-order chi connectivity index (χ0) is 12.9. The monoisotopic (exact) mass is 238 g/mol. The summed E-state index contributed by atoms with van der Waals surface area (Å²) in [5, 5.41) is 0. The van der Waals surface area contributed by atoms with Crippen molar-refractivity contribution in [1.29, 1.82) is 0 Å². The van der Waals surface area contributed by atoms with Crippen molar-refractivity contribution in [3.8, 4) is 12.3 Å².